The molecule has 1 nitrogen and oxygen atoms in total. The van der Waals surface area contributed by atoms with Gasteiger partial charge in [0.25, 0.3) is 0 Å². The van der Waals surface area contributed by atoms with Crippen molar-refractivity contribution in [1.82, 2.24) is 0 Å². The number of hydrogen-bond acceptors (Lipinski definition) is 1. The molecule has 0 N–H and O–H groups in total. The fourth-order valence-electron chi connectivity index (χ4n) is 3.68. The van der Waals surface area contributed by atoms with Crippen molar-refractivity contribution < 1.29 is 4.74 Å². The van der Waals surface area contributed by atoms with Gasteiger partial charge in [0.1, 0.15) is 0 Å². The van der Waals surface area contributed by atoms with Crippen molar-refractivity contribution in [2.24, 2.45) is 0 Å². The second-order valence-corrected chi connectivity index (χ2v) is 6.88. The van der Waals surface area contributed by atoms with Crippen LogP contribution in [0.15, 0.2) is 30.3 Å². The van der Waals surface area contributed by atoms with Crippen LogP contribution >= 0.6 is 0 Å². The van der Waals surface area contributed by atoms with Crippen LogP contribution in [0.4, 0.5) is 0 Å². The van der Waals surface area contributed by atoms with Crippen molar-refractivity contribution in [2.75, 3.05) is 6.61 Å². The van der Waals surface area contributed by atoms with Crippen molar-refractivity contribution in [3.05, 3.63) is 35.9 Å². The first-order valence-electron chi connectivity index (χ1n) is 9.56. The standard InChI is InChI=1S/C21H34O/c1-2-12-19(20-13-8-7-9-14-20)16-17-21-15-10-5-3-4-6-11-18-22-21/h7-9,13-14,19,21H,2-6,10-12,15-18H2,1H3. The highest BCUT2D eigenvalue weighted by Gasteiger charge is 2.15. The van der Waals surface area contributed by atoms with Gasteiger partial charge in [-0.05, 0) is 43.6 Å². The molecule has 2 rings (SSSR count). The van der Waals surface area contributed by atoms with Gasteiger partial charge in [-0.15, -0.1) is 0 Å². The quantitative estimate of drug-likeness (QED) is 0.584. The van der Waals surface area contributed by atoms with Crippen molar-refractivity contribution in [3.8, 4) is 0 Å². The van der Waals surface area contributed by atoms with Crippen LogP contribution in [-0.2, 0) is 4.74 Å². The van der Waals surface area contributed by atoms with Crippen molar-refractivity contribution in [2.45, 2.75) is 89.6 Å². The van der Waals surface area contributed by atoms with Crippen molar-refractivity contribution in [1.29, 1.82) is 0 Å². The maximum absolute atomic E-state index is 6.18. The molecule has 124 valence electrons. The summed E-state index contributed by atoms with van der Waals surface area (Å²) in [6, 6.07) is 11.1. The Bertz CT molecular complexity index is 363. The highest BCUT2D eigenvalue weighted by Crippen LogP contribution is 2.28. The van der Waals surface area contributed by atoms with Crippen LogP contribution in [0.5, 0.6) is 0 Å². The zero-order chi connectivity index (χ0) is 15.5. The summed E-state index contributed by atoms with van der Waals surface area (Å²) in [5.41, 5.74) is 1.52. The molecule has 1 heterocycles. The van der Waals surface area contributed by atoms with Crippen molar-refractivity contribution >= 4 is 0 Å². The van der Waals surface area contributed by atoms with E-state index in [9.17, 15) is 0 Å². The molecule has 1 aliphatic rings. The molecule has 1 aromatic rings. The third-order valence-corrected chi connectivity index (χ3v) is 5.02. The fourth-order valence-corrected chi connectivity index (χ4v) is 3.68. The lowest BCUT2D eigenvalue weighted by atomic mass is 9.88. The van der Waals surface area contributed by atoms with Gasteiger partial charge in [-0.3, -0.25) is 0 Å². The van der Waals surface area contributed by atoms with Gasteiger partial charge in [0.05, 0.1) is 6.10 Å². The minimum absolute atomic E-state index is 0.501. The molecule has 0 aliphatic carbocycles. The minimum Gasteiger partial charge on any atom is -0.378 e. The Morgan fingerprint density at radius 2 is 1.68 bits per heavy atom. The number of benzene rings is 1. The molecule has 0 bridgehead atoms. The molecule has 22 heavy (non-hydrogen) atoms. The van der Waals surface area contributed by atoms with Crippen LogP contribution in [0.3, 0.4) is 0 Å². The molecule has 1 saturated heterocycles. The molecule has 2 atom stereocenters. The fraction of sp³-hybridized carbons (Fsp3) is 0.714. The Labute approximate surface area is 137 Å². The molecular formula is C21H34O. The molecule has 1 aromatic carbocycles. The Morgan fingerprint density at radius 1 is 0.955 bits per heavy atom. The van der Waals surface area contributed by atoms with E-state index in [0.717, 1.165) is 6.61 Å². The number of ether oxygens (including phenoxy) is 1. The topological polar surface area (TPSA) is 9.23 Å². The minimum atomic E-state index is 0.501. The van der Waals surface area contributed by atoms with Gasteiger partial charge >= 0.3 is 0 Å². The van der Waals surface area contributed by atoms with Gasteiger partial charge in [0.2, 0.25) is 0 Å². The monoisotopic (exact) mass is 302 g/mol. The summed E-state index contributed by atoms with van der Waals surface area (Å²) >= 11 is 0. The number of hydrogen-bond donors (Lipinski definition) is 0. The second-order valence-electron chi connectivity index (χ2n) is 6.88. The predicted octanol–water partition coefficient (Wildman–Crippen LogP) is 6.48. The lowest BCUT2D eigenvalue weighted by molar-refractivity contribution is 0.0328. The van der Waals surface area contributed by atoms with E-state index < -0.39 is 0 Å². The predicted molar refractivity (Wildman–Crippen MR) is 95.4 cm³/mol. The molecule has 1 heteroatoms. The SMILES string of the molecule is CCCC(CCC1CCCCCCCCO1)c1ccccc1. The molecule has 1 aliphatic heterocycles. The van der Waals surface area contributed by atoms with Crippen LogP contribution in [-0.4, -0.2) is 12.7 Å². The van der Waals surface area contributed by atoms with E-state index in [4.69, 9.17) is 4.74 Å². The van der Waals surface area contributed by atoms with E-state index in [1.165, 1.54) is 76.2 Å². The molecule has 1 fully saturated rings. The van der Waals surface area contributed by atoms with E-state index in [1.807, 2.05) is 0 Å². The zero-order valence-corrected chi connectivity index (χ0v) is 14.4. The Hall–Kier alpha value is -0.820. The van der Waals surface area contributed by atoms with Crippen LogP contribution in [0.1, 0.15) is 89.0 Å². The summed E-state index contributed by atoms with van der Waals surface area (Å²) in [5, 5.41) is 0. The Balaban J connectivity index is 1.83. The summed E-state index contributed by atoms with van der Waals surface area (Å²) < 4.78 is 6.18. The van der Waals surface area contributed by atoms with E-state index >= 15 is 0 Å². The summed E-state index contributed by atoms with van der Waals surface area (Å²) in [6.07, 6.45) is 15.1. The van der Waals surface area contributed by atoms with Crippen molar-refractivity contribution in [3.63, 3.8) is 0 Å². The van der Waals surface area contributed by atoms with E-state index in [2.05, 4.69) is 37.3 Å². The maximum Gasteiger partial charge on any atom is 0.0575 e. The van der Waals surface area contributed by atoms with Gasteiger partial charge in [0.15, 0.2) is 0 Å². The Kier molecular flexibility index (Phi) is 8.63. The third-order valence-electron chi connectivity index (χ3n) is 5.02. The smallest absolute Gasteiger partial charge is 0.0575 e. The van der Waals surface area contributed by atoms with E-state index in [-0.39, 0.29) is 0 Å². The van der Waals surface area contributed by atoms with Crippen LogP contribution in [0.2, 0.25) is 0 Å². The highest BCUT2D eigenvalue weighted by molar-refractivity contribution is 5.19. The summed E-state index contributed by atoms with van der Waals surface area (Å²) in [4.78, 5) is 0. The normalized spacial score (nSPS) is 22.1. The third kappa shape index (κ3) is 6.52. The first-order valence-corrected chi connectivity index (χ1v) is 9.56. The molecule has 0 saturated carbocycles. The van der Waals surface area contributed by atoms with Crippen LogP contribution in [0, 0.1) is 0 Å². The average molecular weight is 303 g/mol. The Morgan fingerprint density at radius 3 is 2.45 bits per heavy atom. The van der Waals surface area contributed by atoms with E-state index in [0.29, 0.717) is 12.0 Å². The maximum atomic E-state index is 6.18. The first-order chi connectivity index (χ1) is 10.9. The number of rotatable bonds is 6. The van der Waals surface area contributed by atoms with Gasteiger partial charge in [0, 0.05) is 6.61 Å². The molecule has 0 aromatic heterocycles. The lowest BCUT2D eigenvalue weighted by Crippen LogP contribution is -2.16. The van der Waals surface area contributed by atoms with Crippen LogP contribution < -0.4 is 0 Å². The molecule has 0 radical (unpaired) electrons. The summed E-state index contributed by atoms with van der Waals surface area (Å²) in [7, 11) is 0. The van der Waals surface area contributed by atoms with Gasteiger partial charge in [-0.2, -0.15) is 0 Å². The molecule has 0 amide bonds. The largest absolute Gasteiger partial charge is 0.378 e. The molecule has 0 spiro atoms. The second kappa shape index (κ2) is 10.8. The zero-order valence-electron chi connectivity index (χ0n) is 14.4. The van der Waals surface area contributed by atoms with Gasteiger partial charge in [-0.1, -0.05) is 75.8 Å². The van der Waals surface area contributed by atoms with Crippen LogP contribution in [0.25, 0.3) is 0 Å². The summed E-state index contributed by atoms with van der Waals surface area (Å²) in [5.74, 6) is 0.713. The van der Waals surface area contributed by atoms with Gasteiger partial charge in [-0.25, -0.2) is 0 Å². The lowest BCUT2D eigenvalue weighted by Gasteiger charge is -2.23. The molecular weight excluding hydrogens is 268 g/mol. The highest BCUT2D eigenvalue weighted by atomic mass is 16.5. The van der Waals surface area contributed by atoms with Gasteiger partial charge < -0.3 is 4.74 Å². The average Bonchev–Trinajstić information content (AvgIpc) is 2.57. The molecule has 2 unspecified atom stereocenters. The summed E-state index contributed by atoms with van der Waals surface area (Å²) in [6.45, 7) is 3.28. The van der Waals surface area contributed by atoms with E-state index in [1.54, 1.807) is 0 Å². The first kappa shape index (κ1) is 17.5.